The molecule has 0 radical (unpaired) electrons. The number of nitrogens with one attached hydrogen (secondary N) is 1. The molecule has 3 N–H and O–H groups in total. The molecule has 8 heteroatoms. The van der Waals surface area contributed by atoms with Crippen molar-refractivity contribution in [1.82, 2.24) is 14.9 Å². The number of hydrogen-bond acceptors (Lipinski definition) is 5. The van der Waals surface area contributed by atoms with E-state index in [9.17, 15) is 13.2 Å². The summed E-state index contributed by atoms with van der Waals surface area (Å²) in [5, 5.41) is 2.85. The molecule has 0 saturated heterocycles. The van der Waals surface area contributed by atoms with Crippen molar-refractivity contribution in [3.8, 4) is 0 Å². The van der Waals surface area contributed by atoms with Crippen molar-refractivity contribution >= 4 is 11.8 Å². The fourth-order valence-corrected chi connectivity index (χ4v) is 1.79. The molecule has 1 aromatic rings. The van der Waals surface area contributed by atoms with Gasteiger partial charge in [0.1, 0.15) is 5.82 Å². The number of halogens is 3. The molecule has 0 aromatic carbocycles. The summed E-state index contributed by atoms with van der Waals surface area (Å²) < 4.78 is 37.7. The van der Waals surface area contributed by atoms with Crippen LogP contribution in [0.5, 0.6) is 0 Å². The second-order valence-electron chi connectivity index (χ2n) is 4.36. The van der Waals surface area contributed by atoms with Gasteiger partial charge in [0.15, 0.2) is 5.69 Å². The van der Waals surface area contributed by atoms with Crippen LogP contribution in [0.3, 0.4) is 0 Å². The van der Waals surface area contributed by atoms with Gasteiger partial charge in [-0.05, 0) is 19.5 Å². The molecule has 0 aliphatic heterocycles. The van der Waals surface area contributed by atoms with Gasteiger partial charge in [0.05, 0.1) is 0 Å². The zero-order chi connectivity index (χ0) is 15.2. The molecule has 1 aromatic heterocycles. The lowest BCUT2D eigenvalue weighted by Crippen LogP contribution is -2.29. The normalized spacial score (nSPS) is 11.9. The summed E-state index contributed by atoms with van der Waals surface area (Å²) in [5.74, 6) is -0.291. The summed E-state index contributed by atoms with van der Waals surface area (Å²) in [6.45, 7) is 7.21. The number of likely N-dealkylation sites (N-methyl/N-ethyl adjacent to an activating group) is 1. The molecule has 0 aliphatic carbocycles. The first-order valence-corrected chi connectivity index (χ1v) is 6.54. The van der Waals surface area contributed by atoms with Crippen LogP contribution in [0.4, 0.5) is 24.9 Å². The van der Waals surface area contributed by atoms with E-state index in [1.807, 2.05) is 6.92 Å². The van der Waals surface area contributed by atoms with Gasteiger partial charge >= 0.3 is 6.18 Å². The average Bonchev–Trinajstić information content (AvgIpc) is 2.36. The second kappa shape index (κ2) is 7.28. The Kier molecular flexibility index (Phi) is 6.00. The molecule has 0 fully saturated rings. The Hall–Kier alpha value is -1.57. The SMILES string of the molecule is CCCN(CC)CCNc1cc(C(F)(F)F)nc(N)n1. The van der Waals surface area contributed by atoms with Crippen LogP contribution in [0, 0.1) is 0 Å². The van der Waals surface area contributed by atoms with Crippen molar-refractivity contribution in [2.45, 2.75) is 26.4 Å². The molecule has 0 amide bonds. The van der Waals surface area contributed by atoms with Crippen molar-refractivity contribution in [2.75, 3.05) is 37.2 Å². The molecule has 1 heterocycles. The highest BCUT2D eigenvalue weighted by molar-refractivity contribution is 5.41. The van der Waals surface area contributed by atoms with Gasteiger partial charge in [-0.25, -0.2) is 4.98 Å². The van der Waals surface area contributed by atoms with Crippen molar-refractivity contribution < 1.29 is 13.2 Å². The van der Waals surface area contributed by atoms with E-state index in [1.165, 1.54) is 0 Å². The standard InChI is InChI=1S/C12H20F3N5/c1-3-6-20(4-2)7-5-17-10-8-9(12(13,14)15)18-11(16)19-10/h8H,3-7H2,1-2H3,(H3,16,17,18,19). The zero-order valence-electron chi connectivity index (χ0n) is 11.7. The highest BCUT2D eigenvalue weighted by Crippen LogP contribution is 2.29. The molecular weight excluding hydrogens is 271 g/mol. The van der Waals surface area contributed by atoms with Crippen molar-refractivity contribution in [3.05, 3.63) is 11.8 Å². The van der Waals surface area contributed by atoms with Gasteiger partial charge < -0.3 is 16.0 Å². The molecule has 5 nitrogen and oxygen atoms in total. The Labute approximate surface area is 116 Å². The predicted molar refractivity (Wildman–Crippen MR) is 72.3 cm³/mol. The number of hydrogen-bond donors (Lipinski definition) is 2. The minimum absolute atomic E-state index is 0.0948. The molecule has 0 aliphatic rings. The van der Waals surface area contributed by atoms with Gasteiger partial charge in [-0.3, -0.25) is 0 Å². The van der Waals surface area contributed by atoms with Gasteiger partial charge in [0.2, 0.25) is 5.95 Å². The predicted octanol–water partition coefficient (Wildman–Crippen LogP) is 2.22. The highest BCUT2D eigenvalue weighted by atomic mass is 19.4. The van der Waals surface area contributed by atoms with Gasteiger partial charge in [-0.15, -0.1) is 0 Å². The molecule has 0 saturated carbocycles. The minimum Gasteiger partial charge on any atom is -0.369 e. The second-order valence-corrected chi connectivity index (χ2v) is 4.36. The van der Waals surface area contributed by atoms with Crippen LogP contribution < -0.4 is 11.1 Å². The first-order valence-electron chi connectivity index (χ1n) is 6.54. The van der Waals surface area contributed by atoms with Crippen molar-refractivity contribution in [2.24, 2.45) is 0 Å². The van der Waals surface area contributed by atoms with Crippen LogP contribution >= 0.6 is 0 Å². The van der Waals surface area contributed by atoms with E-state index in [0.717, 1.165) is 32.1 Å². The molecule has 114 valence electrons. The highest BCUT2D eigenvalue weighted by Gasteiger charge is 2.33. The maximum Gasteiger partial charge on any atom is 0.433 e. The molecule has 0 unspecified atom stereocenters. The molecular formula is C12H20F3N5. The third-order valence-corrected chi connectivity index (χ3v) is 2.76. The Morgan fingerprint density at radius 3 is 2.50 bits per heavy atom. The molecule has 0 spiro atoms. The van der Waals surface area contributed by atoms with Crippen molar-refractivity contribution in [1.29, 1.82) is 0 Å². The Balaban J connectivity index is 2.62. The Morgan fingerprint density at radius 2 is 1.95 bits per heavy atom. The van der Waals surface area contributed by atoms with Gasteiger partial charge in [0.25, 0.3) is 0 Å². The summed E-state index contributed by atoms with van der Waals surface area (Å²) in [6, 6.07) is 0.868. The van der Waals surface area contributed by atoms with Crippen LogP contribution in [0.1, 0.15) is 26.0 Å². The van der Waals surface area contributed by atoms with Crippen molar-refractivity contribution in [3.63, 3.8) is 0 Å². The first kappa shape index (κ1) is 16.5. The largest absolute Gasteiger partial charge is 0.433 e. The summed E-state index contributed by atoms with van der Waals surface area (Å²) in [6.07, 6.45) is -3.49. The monoisotopic (exact) mass is 291 g/mol. The number of nitrogen functional groups attached to an aromatic ring is 1. The van der Waals surface area contributed by atoms with Crippen LogP contribution in [0.2, 0.25) is 0 Å². The van der Waals surface area contributed by atoms with Gasteiger partial charge in [-0.2, -0.15) is 18.2 Å². The van der Waals surface area contributed by atoms with E-state index in [-0.39, 0.29) is 11.8 Å². The smallest absolute Gasteiger partial charge is 0.369 e. The van der Waals surface area contributed by atoms with Crippen LogP contribution in [-0.4, -0.2) is 41.0 Å². The summed E-state index contributed by atoms with van der Waals surface area (Å²) in [4.78, 5) is 9.13. The third-order valence-electron chi connectivity index (χ3n) is 2.76. The Morgan fingerprint density at radius 1 is 1.25 bits per heavy atom. The van der Waals surface area contributed by atoms with Gasteiger partial charge in [-0.1, -0.05) is 13.8 Å². The number of alkyl halides is 3. The minimum atomic E-state index is -4.52. The van der Waals surface area contributed by atoms with E-state index in [1.54, 1.807) is 0 Å². The zero-order valence-corrected chi connectivity index (χ0v) is 11.7. The lowest BCUT2D eigenvalue weighted by atomic mass is 10.3. The topological polar surface area (TPSA) is 67.1 Å². The Bertz CT molecular complexity index is 422. The molecule has 0 bridgehead atoms. The number of nitrogens with zero attached hydrogens (tertiary/aromatic N) is 3. The van der Waals surface area contributed by atoms with E-state index < -0.39 is 11.9 Å². The quantitative estimate of drug-likeness (QED) is 0.806. The van der Waals surface area contributed by atoms with E-state index in [2.05, 4.69) is 27.1 Å². The van der Waals surface area contributed by atoms with Crippen LogP contribution in [-0.2, 0) is 6.18 Å². The lowest BCUT2D eigenvalue weighted by Gasteiger charge is -2.19. The molecule has 1 rings (SSSR count). The summed E-state index contributed by atoms with van der Waals surface area (Å²) in [5.41, 5.74) is 4.25. The van der Waals surface area contributed by atoms with Gasteiger partial charge in [0, 0.05) is 19.2 Å². The number of aromatic nitrogens is 2. The number of rotatable bonds is 7. The third kappa shape index (κ3) is 5.20. The fourth-order valence-electron chi connectivity index (χ4n) is 1.79. The van der Waals surface area contributed by atoms with E-state index >= 15 is 0 Å². The van der Waals surface area contributed by atoms with Crippen LogP contribution in [0.15, 0.2) is 6.07 Å². The average molecular weight is 291 g/mol. The maximum atomic E-state index is 12.6. The summed E-state index contributed by atoms with van der Waals surface area (Å²) >= 11 is 0. The lowest BCUT2D eigenvalue weighted by molar-refractivity contribution is -0.141. The van der Waals surface area contributed by atoms with E-state index in [4.69, 9.17) is 5.73 Å². The summed E-state index contributed by atoms with van der Waals surface area (Å²) in [7, 11) is 0. The number of anilines is 2. The van der Waals surface area contributed by atoms with Crippen LogP contribution in [0.25, 0.3) is 0 Å². The van der Waals surface area contributed by atoms with E-state index in [0.29, 0.717) is 6.54 Å². The molecule has 0 atom stereocenters. The fraction of sp³-hybridized carbons (Fsp3) is 0.667. The number of nitrogens with two attached hydrogens (primary N) is 1. The molecule has 20 heavy (non-hydrogen) atoms. The first-order chi connectivity index (χ1) is 9.36. The maximum absolute atomic E-state index is 12.6.